The first-order chi connectivity index (χ1) is 13.5. The molecular weight excluding hydrogens is 360 g/mol. The van der Waals surface area contributed by atoms with Crippen molar-refractivity contribution < 1.29 is 24.2 Å². The number of hydrogen-bond donors (Lipinski definition) is 2. The molecule has 1 saturated heterocycles. The molecule has 0 aromatic heterocycles. The summed E-state index contributed by atoms with van der Waals surface area (Å²) in [4.78, 5) is 26.4. The number of nitrogens with zero attached hydrogens (tertiary/aromatic N) is 1. The van der Waals surface area contributed by atoms with Gasteiger partial charge in [-0.3, -0.25) is 4.79 Å². The van der Waals surface area contributed by atoms with Crippen LogP contribution in [0.2, 0.25) is 0 Å². The normalized spacial score (nSPS) is 31.3. The fourth-order valence-electron chi connectivity index (χ4n) is 5.29. The molecule has 28 heavy (non-hydrogen) atoms. The largest absolute Gasteiger partial charge is 0.481 e. The molecule has 3 atom stereocenters. The van der Waals surface area contributed by atoms with Crippen LogP contribution < -0.4 is 5.32 Å². The fourth-order valence-corrected chi connectivity index (χ4v) is 5.29. The number of carboxylic acids is 1. The van der Waals surface area contributed by atoms with E-state index in [2.05, 4.69) is 11.4 Å². The first-order valence-electron chi connectivity index (χ1n) is 9.98. The molecule has 7 heteroatoms. The standard InChI is InChI=1S/C21H28N2O5/c1-27-14-21(17-7-3-2-5-15(17)8-10-28-21)12-22-19(26)23-11-16-6-4-9-20(16,13-23)18(24)25/h2-3,5,7,16H,4,6,8-14H2,1H3,(H,22,26)(H,24,25)/t16-,20+,21?/m0/s1. The Kier molecular flexibility index (Phi) is 5.05. The lowest BCUT2D eigenvalue weighted by atomic mass is 9.81. The maximum Gasteiger partial charge on any atom is 0.317 e. The smallest absolute Gasteiger partial charge is 0.317 e. The molecule has 3 aliphatic rings. The Morgan fingerprint density at radius 3 is 2.96 bits per heavy atom. The third-order valence-electron chi connectivity index (χ3n) is 6.74. The number of urea groups is 1. The molecule has 2 aliphatic heterocycles. The average Bonchev–Trinajstić information content (AvgIpc) is 3.25. The van der Waals surface area contributed by atoms with Gasteiger partial charge in [0.2, 0.25) is 0 Å². The first-order valence-corrected chi connectivity index (χ1v) is 9.98. The number of aliphatic carboxylic acids is 1. The van der Waals surface area contributed by atoms with Crippen LogP contribution in [-0.2, 0) is 26.3 Å². The van der Waals surface area contributed by atoms with Gasteiger partial charge in [-0.25, -0.2) is 4.79 Å². The Bertz CT molecular complexity index is 769. The Balaban J connectivity index is 1.48. The van der Waals surface area contributed by atoms with Crippen molar-refractivity contribution in [1.29, 1.82) is 0 Å². The molecule has 2 heterocycles. The molecule has 1 saturated carbocycles. The molecule has 2 fully saturated rings. The van der Waals surface area contributed by atoms with Gasteiger partial charge in [-0.1, -0.05) is 30.7 Å². The van der Waals surface area contributed by atoms with Crippen molar-refractivity contribution in [3.63, 3.8) is 0 Å². The summed E-state index contributed by atoms with van der Waals surface area (Å²) in [6.45, 7) is 1.99. The highest BCUT2D eigenvalue weighted by molar-refractivity contribution is 5.80. The van der Waals surface area contributed by atoms with Gasteiger partial charge >= 0.3 is 12.0 Å². The average molecular weight is 388 g/mol. The topological polar surface area (TPSA) is 88.1 Å². The maximum absolute atomic E-state index is 12.9. The minimum Gasteiger partial charge on any atom is -0.481 e. The summed E-state index contributed by atoms with van der Waals surface area (Å²) in [6, 6.07) is 7.87. The highest BCUT2D eigenvalue weighted by atomic mass is 16.5. The lowest BCUT2D eigenvalue weighted by Crippen LogP contribution is -2.51. The summed E-state index contributed by atoms with van der Waals surface area (Å²) in [6.07, 6.45) is 3.29. The molecule has 152 valence electrons. The number of carbonyl (C=O) groups excluding carboxylic acids is 1. The molecule has 1 aromatic carbocycles. The number of fused-ring (bicyclic) bond motifs is 2. The highest BCUT2D eigenvalue weighted by Gasteiger charge is 2.56. The van der Waals surface area contributed by atoms with Crippen LogP contribution in [0.4, 0.5) is 4.79 Å². The van der Waals surface area contributed by atoms with E-state index in [0.29, 0.717) is 26.2 Å². The number of methoxy groups -OCH3 is 1. The Morgan fingerprint density at radius 2 is 2.21 bits per heavy atom. The quantitative estimate of drug-likeness (QED) is 0.806. The van der Waals surface area contributed by atoms with Gasteiger partial charge in [0.1, 0.15) is 5.60 Å². The maximum atomic E-state index is 12.9. The van der Waals surface area contributed by atoms with Crippen molar-refractivity contribution in [3.8, 4) is 0 Å². The van der Waals surface area contributed by atoms with Gasteiger partial charge < -0.3 is 24.8 Å². The number of ether oxygens (including phenoxy) is 2. The van der Waals surface area contributed by atoms with Crippen molar-refractivity contribution >= 4 is 12.0 Å². The minimum atomic E-state index is -0.773. The fraction of sp³-hybridized carbons (Fsp3) is 0.619. The summed E-state index contributed by atoms with van der Waals surface area (Å²) in [5.41, 5.74) is 0.763. The van der Waals surface area contributed by atoms with Crippen LogP contribution in [0.5, 0.6) is 0 Å². The van der Waals surface area contributed by atoms with Crippen LogP contribution in [0, 0.1) is 11.3 Å². The number of rotatable bonds is 5. The van der Waals surface area contributed by atoms with E-state index in [9.17, 15) is 14.7 Å². The molecule has 0 bridgehead atoms. The van der Waals surface area contributed by atoms with Crippen molar-refractivity contribution in [2.75, 3.05) is 40.0 Å². The van der Waals surface area contributed by atoms with Crippen LogP contribution in [0.3, 0.4) is 0 Å². The number of amides is 2. The van der Waals surface area contributed by atoms with E-state index < -0.39 is 17.0 Å². The Hall–Kier alpha value is -2.12. The van der Waals surface area contributed by atoms with E-state index in [1.807, 2.05) is 18.2 Å². The molecule has 1 unspecified atom stereocenters. The van der Waals surface area contributed by atoms with Crippen LogP contribution in [0.25, 0.3) is 0 Å². The van der Waals surface area contributed by atoms with E-state index in [0.717, 1.165) is 24.8 Å². The van der Waals surface area contributed by atoms with Crippen LogP contribution in [0.1, 0.15) is 30.4 Å². The van der Waals surface area contributed by atoms with Gasteiger partial charge in [-0.2, -0.15) is 0 Å². The second-order valence-corrected chi connectivity index (χ2v) is 8.27. The number of likely N-dealkylation sites (tertiary alicyclic amines) is 1. The van der Waals surface area contributed by atoms with E-state index >= 15 is 0 Å². The van der Waals surface area contributed by atoms with Gasteiger partial charge in [0.15, 0.2) is 0 Å². The molecule has 7 nitrogen and oxygen atoms in total. The SMILES string of the molecule is COCC1(CNC(=O)N2C[C@@H]3CCC[C@@]3(C(=O)O)C2)OCCc2ccccc21. The predicted octanol–water partition coefficient (Wildman–Crippen LogP) is 2.00. The summed E-state index contributed by atoms with van der Waals surface area (Å²) in [5, 5.41) is 12.7. The summed E-state index contributed by atoms with van der Waals surface area (Å²) in [7, 11) is 1.63. The van der Waals surface area contributed by atoms with Crippen molar-refractivity contribution in [3.05, 3.63) is 35.4 Å². The molecule has 2 N–H and O–H groups in total. The number of benzene rings is 1. The van der Waals surface area contributed by atoms with Gasteiger partial charge in [-0.05, 0) is 36.3 Å². The zero-order valence-corrected chi connectivity index (χ0v) is 16.3. The number of hydrogen-bond acceptors (Lipinski definition) is 4. The molecule has 1 aromatic rings. The second kappa shape index (κ2) is 7.37. The molecule has 2 amide bonds. The Labute approximate surface area is 165 Å². The number of carboxylic acid groups (broad SMARTS) is 1. The van der Waals surface area contributed by atoms with Gasteiger partial charge in [0.05, 0.1) is 25.2 Å². The molecule has 1 aliphatic carbocycles. The third kappa shape index (κ3) is 3.06. The summed E-state index contributed by atoms with van der Waals surface area (Å²) < 4.78 is 11.6. The van der Waals surface area contributed by atoms with E-state index in [1.54, 1.807) is 12.0 Å². The molecular formula is C21H28N2O5. The third-order valence-corrected chi connectivity index (χ3v) is 6.74. The monoisotopic (exact) mass is 388 g/mol. The van der Waals surface area contributed by atoms with Crippen LogP contribution >= 0.6 is 0 Å². The van der Waals surface area contributed by atoms with Gasteiger partial charge in [-0.15, -0.1) is 0 Å². The van der Waals surface area contributed by atoms with Crippen molar-refractivity contribution in [2.45, 2.75) is 31.3 Å². The summed E-state index contributed by atoms with van der Waals surface area (Å²) in [5.74, 6) is -0.721. The van der Waals surface area contributed by atoms with E-state index in [4.69, 9.17) is 9.47 Å². The van der Waals surface area contributed by atoms with Crippen molar-refractivity contribution in [2.24, 2.45) is 11.3 Å². The van der Waals surface area contributed by atoms with E-state index in [-0.39, 0.29) is 25.0 Å². The first kappa shape index (κ1) is 19.2. The zero-order chi connectivity index (χ0) is 19.8. The number of carbonyl (C=O) groups is 2. The predicted molar refractivity (Wildman–Crippen MR) is 102 cm³/mol. The van der Waals surface area contributed by atoms with Crippen LogP contribution in [0.15, 0.2) is 24.3 Å². The lowest BCUT2D eigenvalue weighted by Gasteiger charge is -2.39. The second-order valence-electron chi connectivity index (χ2n) is 8.27. The number of nitrogens with one attached hydrogen (secondary N) is 1. The molecule has 0 radical (unpaired) electrons. The highest BCUT2D eigenvalue weighted by Crippen LogP contribution is 2.48. The van der Waals surface area contributed by atoms with Crippen LogP contribution in [-0.4, -0.2) is 62.0 Å². The molecule has 0 spiro atoms. The van der Waals surface area contributed by atoms with E-state index in [1.165, 1.54) is 5.56 Å². The zero-order valence-electron chi connectivity index (χ0n) is 16.3. The van der Waals surface area contributed by atoms with Crippen molar-refractivity contribution in [1.82, 2.24) is 10.2 Å². The van der Waals surface area contributed by atoms with Gasteiger partial charge in [0, 0.05) is 20.2 Å². The minimum absolute atomic E-state index is 0.0512. The van der Waals surface area contributed by atoms with Gasteiger partial charge in [0.25, 0.3) is 0 Å². The Morgan fingerprint density at radius 1 is 1.39 bits per heavy atom. The summed E-state index contributed by atoms with van der Waals surface area (Å²) >= 11 is 0. The lowest BCUT2D eigenvalue weighted by molar-refractivity contribution is -0.149. The molecule has 4 rings (SSSR count).